The van der Waals surface area contributed by atoms with Crippen LogP contribution in [0.3, 0.4) is 0 Å². The zero-order valence-electron chi connectivity index (χ0n) is 10.9. The third-order valence-corrected chi connectivity index (χ3v) is 3.00. The van der Waals surface area contributed by atoms with Crippen LogP contribution in [0.4, 0.5) is 0 Å². The molecule has 17 heavy (non-hydrogen) atoms. The van der Waals surface area contributed by atoms with Crippen molar-refractivity contribution >= 4 is 10.9 Å². The maximum absolute atomic E-state index is 3.18. The zero-order valence-corrected chi connectivity index (χ0v) is 10.9. The molecule has 0 bridgehead atoms. The average Bonchev–Trinajstić information content (AvgIpc) is 2.69. The molecule has 92 valence electrons. The highest BCUT2D eigenvalue weighted by atomic mass is 15.1. The van der Waals surface area contributed by atoms with Crippen molar-refractivity contribution in [2.45, 2.75) is 13.1 Å². The minimum Gasteiger partial charge on any atom is -0.346 e. The number of nitrogens with zero attached hydrogens (tertiary/aromatic N) is 2. The van der Waals surface area contributed by atoms with Gasteiger partial charge in [0.05, 0.1) is 0 Å². The van der Waals surface area contributed by atoms with E-state index in [1.807, 2.05) is 7.05 Å². The molecule has 3 heteroatoms. The van der Waals surface area contributed by atoms with Crippen LogP contribution in [0.25, 0.3) is 10.9 Å². The van der Waals surface area contributed by atoms with Crippen LogP contribution in [0.15, 0.2) is 30.5 Å². The van der Waals surface area contributed by atoms with E-state index in [9.17, 15) is 0 Å². The van der Waals surface area contributed by atoms with Gasteiger partial charge in [-0.3, -0.25) is 0 Å². The molecule has 0 spiro atoms. The fourth-order valence-corrected chi connectivity index (χ4v) is 2.07. The first kappa shape index (κ1) is 12.1. The molecule has 0 fully saturated rings. The molecule has 1 N–H and O–H groups in total. The molecule has 0 saturated heterocycles. The molecule has 0 atom stereocenters. The van der Waals surface area contributed by atoms with Gasteiger partial charge in [-0.1, -0.05) is 6.07 Å². The lowest BCUT2D eigenvalue weighted by atomic mass is 10.1. The van der Waals surface area contributed by atoms with E-state index in [2.05, 4.69) is 59.3 Å². The van der Waals surface area contributed by atoms with Gasteiger partial charge in [0.2, 0.25) is 0 Å². The largest absolute Gasteiger partial charge is 0.346 e. The molecule has 0 aliphatic heterocycles. The van der Waals surface area contributed by atoms with Gasteiger partial charge in [0.1, 0.15) is 0 Å². The van der Waals surface area contributed by atoms with Crippen LogP contribution in [0.1, 0.15) is 5.56 Å². The molecule has 0 unspecified atom stereocenters. The Kier molecular flexibility index (Phi) is 3.82. The Morgan fingerprint density at radius 1 is 1.24 bits per heavy atom. The van der Waals surface area contributed by atoms with Crippen LogP contribution in [-0.2, 0) is 13.1 Å². The van der Waals surface area contributed by atoms with Gasteiger partial charge >= 0.3 is 0 Å². The second-order valence-electron chi connectivity index (χ2n) is 4.74. The predicted octanol–water partition coefficient (Wildman–Crippen LogP) is 1.92. The van der Waals surface area contributed by atoms with Gasteiger partial charge in [-0.05, 0) is 50.3 Å². The topological polar surface area (TPSA) is 20.2 Å². The summed E-state index contributed by atoms with van der Waals surface area (Å²) in [4.78, 5) is 2.21. The molecule has 0 radical (unpaired) electrons. The summed E-state index contributed by atoms with van der Waals surface area (Å²) >= 11 is 0. The molecule has 1 heterocycles. The van der Waals surface area contributed by atoms with Gasteiger partial charge < -0.3 is 14.8 Å². The Hall–Kier alpha value is -1.32. The lowest BCUT2D eigenvalue weighted by molar-refractivity contribution is 0.387. The van der Waals surface area contributed by atoms with Gasteiger partial charge in [0, 0.05) is 31.3 Å². The van der Waals surface area contributed by atoms with E-state index in [0.717, 1.165) is 19.6 Å². The maximum Gasteiger partial charge on any atom is 0.0480 e. The number of benzene rings is 1. The summed E-state index contributed by atoms with van der Waals surface area (Å²) in [6.45, 7) is 3.04. The van der Waals surface area contributed by atoms with E-state index in [4.69, 9.17) is 0 Å². The zero-order chi connectivity index (χ0) is 12.3. The maximum atomic E-state index is 3.18. The van der Waals surface area contributed by atoms with Gasteiger partial charge in [-0.2, -0.15) is 0 Å². The van der Waals surface area contributed by atoms with Crippen LogP contribution in [0, 0.1) is 0 Å². The first-order valence-electron chi connectivity index (χ1n) is 6.08. The molecule has 2 rings (SSSR count). The predicted molar refractivity (Wildman–Crippen MR) is 73.3 cm³/mol. The van der Waals surface area contributed by atoms with Crippen molar-refractivity contribution in [2.24, 2.45) is 0 Å². The van der Waals surface area contributed by atoms with Crippen molar-refractivity contribution in [3.05, 3.63) is 36.0 Å². The van der Waals surface area contributed by atoms with Crippen LogP contribution < -0.4 is 5.32 Å². The number of aromatic nitrogens is 1. The lowest BCUT2D eigenvalue weighted by Gasteiger charge is -2.11. The van der Waals surface area contributed by atoms with Crippen molar-refractivity contribution in [1.82, 2.24) is 14.8 Å². The Balaban J connectivity index is 2.22. The number of hydrogen-bond acceptors (Lipinski definition) is 2. The number of fused-ring (bicyclic) bond motifs is 1. The van der Waals surface area contributed by atoms with Crippen molar-refractivity contribution in [2.75, 3.05) is 27.7 Å². The fourth-order valence-electron chi connectivity index (χ4n) is 2.07. The molecule has 1 aromatic carbocycles. The molecule has 3 nitrogen and oxygen atoms in total. The summed E-state index contributed by atoms with van der Waals surface area (Å²) in [5.41, 5.74) is 2.66. The van der Waals surface area contributed by atoms with E-state index in [1.54, 1.807) is 0 Å². The van der Waals surface area contributed by atoms with Crippen molar-refractivity contribution in [3.8, 4) is 0 Å². The molecular formula is C14H21N3. The summed E-state index contributed by atoms with van der Waals surface area (Å²) in [7, 11) is 6.19. The van der Waals surface area contributed by atoms with Crippen molar-refractivity contribution in [3.63, 3.8) is 0 Å². The number of nitrogens with one attached hydrogen (secondary N) is 1. The third kappa shape index (κ3) is 2.87. The smallest absolute Gasteiger partial charge is 0.0480 e. The Morgan fingerprint density at radius 3 is 2.76 bits per heavy atom. The molecule has 0 aliphatic rings. The number of rotatable bonds is 5. The number of likely N-dealkylation sites (N-methyl/N-ethyl adjacent to an activating group) is 1. The molecular weight excluding hydrogens is 210 g/mol. The second-order valence-corrected chi connectivity index (χ2v) is 4.74. The summed E-state index contributed by atoms with van der Waals surface area (Å²) in [5, 5.41) is 4.51. The SMILES string of the molecule is CNCc1ccc2c(ccn2CCN(C)C)c1. The lowest BCUT2D eigenvalue weighted by Crippen LogP contribution is -2.17. The van der Waals surface area contributed by atoms with Gasteiger partial charge in [-0.15, -0.1) is 0 Å². The highest BCUT2D eigenvalue weighted by Crippen LogP contribution is 2.17. The summed E-state index contributed by atoms with van der Waals surface area (Å²) in [6, 6.07) is 8.88. The fraction of sp³-hybridized carbons (Fsp3) is 0.429. The summed E-state index contributed by atoms with van der Waals surface area (Å²) < 4.78 is 2.32. The monoisotopic (exact) mass is 231 g/mol. The highest BCUT2D eigenvalue weighted by Gasteiger charge is 2.02. The van der Waals surface area contributed by atoms with E-state index < -0.39 is 0 Å². The molecule has 0 saturated carbocycles. The van der Waals surface area contributed by atoms with Crippen LogP contribution >= 0.6 is 0 Å². The average molecular weight is 231 g/mol. The van der Waals surface area contributed by atoms with E-state index >= 15 is 0 Å². The summed E-state index contributed by atoms with van der Waals surface area (Å²) in [5.74, 6) is 0. The van der Waals surface area contributed by atoms with Crippen LogP contribution in [0.2, 0.25) is 0 Å². The minimum atomic E-state index is 0.929. The molecule has 2 aromatic rings. The first-order valence-corrected chi connectivity index (χ1v) is 6.08. The minimum absolute atomic E-state index is 0.929. The van der Waals surface area contributed by atoms with Gasteiger partial charge in [-0.25, -0.2) is 0 Å². The Morgan fingerprint density at radius 2 is 2.06 bits per heavy atom. The normalized spacial score (nSPS) is 11.5. The third-order valence-electron chi connectivity index (χ3n) is 3.00. The molecule has 0 amide bonds. The Labute approximate surface area is 103 Å². The second kappa shape index (κ2) is 5.34. The van der Waals surface area contributed by atoms with Crippen molar-refractivity contribution < 1.29 is 0 Å². The van der Waals surface area contributed by atoms with E-state index in [1.165, 1.54) is 16.5 Å². The van der Waals surface area contributed by atoms with E-state index in [0.29, 0.717) is 0 Å². The Bertz CT molecular complexity index is 485. The molecule has 1 aromatic heterocycles. The van der Waals surface area contributed by atoms with Gasteiger partial charge in [0.15, 0.2) is 0 Å². The standard InChI is InChI=1S/C14H21N3/c1-15-11-12-4-5-14-13(10-12)6-7-17(14)9-8-16(2)3/h4-7,10,15H,8-9,11H2,1-3H3. The van der Waals surface area contributed by atoms with Crippen molar-refractivity contribution in [1.29, 1.82) is 0 Å². The summed E-state index contributed by atoms with van der Waals surface area (Å²) in [6.07, 6.45) is 2.18. The van der Waals surface area contributed by atoms with Crippen LogP contribution in [0.5, 0.6) is 0 Å². The molecule has 0 aliphatic carbocycles. The van der Waals surface area contributed by atoms with Gasteiger partial charge in [0.25, 0.3) is 0 Å². The van der Waals surface area contributed by atoms with Crippen LogP contribution in [-0.4, -0.2) is 37.2 Å². The highest BCUT2D eigenvalue weighted by molar-refractivity contribution is 5.80. The van der Waals surface area contributed by atoms with E-state index in [-0.39, 0.29) is 0 Å². The quantitative estimate of drug-likeness (QED) is 0.848. The number of hydrogen-bond donors (Lipinski definition) is 1. The first-order chi connectivity index (χ1) is 8.20.